The van der Waals surface area contributed by atoms with E-state index in [0.29, 0.717) is 6.54 Å². The van der Waals surface area contributed by atoms with Crippen LogP contribution >= 0.6 is 11.6 Å². The van der Waals surface area contributed by atoms with Gasteiger partial charge in [0.2, 0.25) is 5.91 Å². The Kier molecular flexibility index (Phi) is 5.41. The summed E-state index contributed by atoms with van der Waals surface area (Å²) in [6.07, 6.45) is 3.03. The molecule has 4 heteroatoms. The second kappa shape index (κ2) is 7.71. The molecule has 0 spiro atoms. The van der Waals surface area contributed by atoms with Gasteiger partial charge >= 0.3 is 0 Å². The molecule has 0 bridgehead atoms. The predicted molar refractivity (Wildman–Crippen MR) is 100 cm³/mol. The van der Waals surface area contributed by atoms with E-state index in [1.807, 2.05) is 7.05 Å². The smallest absolute Gasteiger partial charge is 0.237 e. The highest BCUT2D eigenvalue weighted by Crippen LogP contribution is 2.35. The Hall–Kier alpha value is -2.00. The molecule has 3 nitrogen and oxygen atoms in total. The lowest BCUT2D eigenvalue weighted by Gasteiger charge is -2.28. The highest BCUT2D eigenvalue weighted by Gasteiger charge is 2.20. The minimum absolute atomic E-state index is 0.0201. The molecule has 1 amide bonds. The maximum atomic E-state index is 11.6. The average molecular weight is 343 g/mol. The van der Waals surface area contributed by atoms with Crippen molar-refractivity contribution < 1.29 is 4.79 Å². The van der Waals surface area contributed by atoms with Crippen molar-refractivity contribution in [1.82, 2.24) is 4.90 Å². The summed E-state index contributed by atoms with van der Waals surface area (Å²) >= 11 is 5.63. The van der Waals surface area contributed by atoms with E-state index in [-0.39, 0.29) is 11.8 Å². The summed E-state index contributed by atoms with van der Waals surface area (Å²) in [6.45, 7) is 1.60. The van der Waals surface area contributed by atoms with E-state index < -0.39 is 0 Å². The average Bonchev–Trinajstić information content (AvgIpc) is 2.78. The van der Waals surface area contributed by atoms with Gasteiger partial charge in [-0.25, -0.2) is 0 Å². The third-order valence-electron chi connectivity index (χ3n) is 4.64. The summed E-state index contributed by atoms with van der Waals surface area (Å²) in [5, 5.41) is 0. The Bertz CT molecular complexity index is 669. The van der Waals surface area contributed by atoms with Crippen LogP contribution in [0.1, 0.15) is 17.5 Å². The lowest BCUT2D eigenvalue weighted by atomic mass is 10.0. The van der Waals surface area contributed by atoms with Gasteiger partial charge in [0.1, 0.15) is 5.88 Å². The first-order chi connectivity index (χ1) is 11.7. The number of rotatable bonds is 5. The SMILES string of the molecule is CN(CCCN1c2ccccc2CCc2ccccc21)C(=O)CCl. The number of amides is 1. The second-order valence-electron chi connectivity index (χ2n) is 6.21. The van der Waals surface area contributed by atoms with E-state index in [4.69, 9.17) is 11.6 Å². The number of alkyl halides is 1. The van der Waals surface area contributed by atoms with Crippen LogP contribution in [-0.4, -0.2) is 36.8 Å². The van der Waals surface area contributed by atoms with Crippen LogP contribution in [0.5, 0.6) is 0 Å². The number of carbonyl (C=O) groups excluding carboxylic acids is 1. The van der Waals surface area contributed by atoms with Crippen LogP contribution in [-0.2, 0) is 17.6 Å². The van der Waals surface area contributed by atoms with Crippen molar-refractivity contribution in [2.45, 2.75) is 19.3 Å². The number of carbonyl (C=O) groups is 1. The fourth-order valence-corrected chi connectivity index (χ4v) is 3.51. The molecule has 126 valence electrons. The minimum Gasteiger partial charge on any atom is -0.345 e. The molecule has 2 aromatic rings. The number of aryl methyl sites for hydroxylation is 2. The molecule has 1 aliphatic heterocycles. The molecule has 1 aliphatic rings. The van der Waals surface area contributed by atoms with Gasteiger partial charge in [-0.05, 0) is 42.5 Å². The molecule has 0 N–H and O–H groups in total. The van der Waals surface area contributed by atoms with Gasteiger partial charge in [-0.15, -0.1) is 11.6 Å². The van der Waals surface area contributed by atoms with Gasteiger partial charge in [0.25, 0.3) is 0 Å². The Balaban J connectivity index is 1.82. The van der Waals surface area contributed by atoms with Gasteiger partial charge in [0, 0.05) is 31.5 Å². The largest absolute Gasteiger partial charge is 0.345 e. The molecule has 0 radical (unpaired) electrons. The maximum Gasteiger partial charge on any atom is 0.237 e. The fraction of sp³-hybridized carbons (Fsp3) is 0.350. The first-order valence-electron chi connectivity index (χ1n) is 8.44. The highest BCUT2D eigenvalue weighted by atomic mass is 35.5. The van der Waals surface area contributed by atoms with Gasteiger partial charge in [0.05, 0.1) is 0 Å². The molecule has 0 aliphatic carbocycles. The molecule has 0 fully saturated rings. The third kappa shape index (κ3) is 3.57. The van der Waals surface area contributed by atoms with E-state index in [2.05, 4.69) is 53.4 Å². The molecule has 0 unspecified atom stereocenters. The van der Waals surface area contributed by atoms with Crippen molar-refractivity contribution in [3.05, 3.63) is 59.7 Å². The topological polar surface area (TPSA) is 23.6 Å². The zero-order chi connectivity index (χ0) is 16.9. The first kappa shape index (κ1) is 16.8. The van der Waals surface area contributed by atoms with E-state index in [9.17, 15) is 4.79 Å². The zero-order valence-corrected chi connectivity index (χ0v) is 14.8. The van der Waals surface area contributed by atoms with Crippen molar-refractivity contribution in [2.75, 3.05) is 30.9 Å². The van der Waals surface area contributed by atoms with Crippen LogP contribution in [0.25, 0.3) is 0 Å². The Labute approximate surface area is 148 Å². The van der Waals surface area contributed by atoms with E-state index >= 15 is 0 Å². The van der Waals surface area contributed by atoms with E-state index in [0.717, 1.165) is 25.8 Å². The summed E-state index contributed by atoms with van der Waals surface area (Å²) in [4.78, 5) is 15.7. The number of fused-ring (bicyclic) bond motifs is 2. The molecule has 2 aromatic carbocycles. The number of benzene rings is 2. The molecule has 0 saturated carbocycles. The van der Waals surface area contributed by atoms with E-state index in [1.54, 1.807) is 4.90 Å². The lowest BCUT2D eigenvalue weighted by molar-refractivity contribution is -0.127. The molecular weight excluding hydrogens is 320 g/mol. The summed E-state index contributed by atoms with van der Waals surface area (Å²) in [7, 11) is 1.81. The minimum atomic E-state index is -0.0201. The molecule has 24 heavy (non-hydrogen) atoms. The van der Waals surface area contributed by atoms with Crippen molar-refractivity contribution in [3.8, 4) is 0 Å². The molecular formula is C20H23ClN2O. The normalized spacial score (nSPS) is 13.0. The number of para-hydroxylation sites is 2. The van der Waals surface area contributed by atoms with Crippen molar-refractivity contribution in [2.24, 2.45) is 0 Å². The number of nitrogens with zero attached hydrogens (tertiary/aromatic N) is 2. The monoisotopic (exact) mass is 342 g/mol. The van der Waals surface area contributed by atoms with Crippen molar-refractivity contribution in [1.29, 1.82) is 0 Å². The molecule has 0 aromatic heterocycles. The van der Waals surface area contributed by atoms with Crippen LogP contribution < -0.4 is 4.90 Å². The van der Waals surface area contributed by atoms with Gasteiger partial charge in [-0.2, -0.15) is 0 Å². The Morgan fingerprint density at radius 1 is 1.04 bits per heavy atom. The van der Waals surface area contributed by atoms with E-state index in [1.165, 1.54) is 22.5 Å². The van der Waals surface area contributed by atoms with Gasteiger partial charge in [-0.1, -0.05) is 36.4 Å². The van der Waals surface area contributed by atoms with Gasteiger partial charge in [-0.3, -0.25) is 4.79 Å². The number of hydrogen-bond acceptors (Lipinski definition) is 2. The van der Waals surface area contributed by atoms with Crippen molar-refractivity contribution >= 4 is 28.9 Å². The van der Waals surface area contributed by atoms with Crippen molar-refractivity contribution in [3.63, 3.8) is 0 Å². The Morgan fingerprint density at radius 3 is 2.12 bits per heavy atom. The lowest BCUT2D eigenvalue weighted by Crippen LogP contribution is -2.31. The van der Waals surface area contributed by atoms with Gasteiger partial charge in [0.15, 0.2) is 0 Å². The standard InChI is InChI=1S/C20H23ClN2O/c1-22(20(24)15-21)13-6-14-23-18-9-4-2-7-16(18)11-12-17-8-3-5-10-19(17)23/h2-5,7-10H,6,11-15H2,1H3. The zero-order valence-electron chi connectivity index (χ0n) is 14.0. The third-order valence-corrected chi connectivity index (χ3v) is 4.87. The number of anilines is 2. The summed E-state index contributed by atoms with van der Waals surface area (Å²) in [5.41, 5.74) is 5.35. The Morgan fingerprint density at radius 2 is 1.58 bits per heavy atom. The summed E-state index contributed by atoms with van der Waals surface area (Å²) in [6, 6.07) is 17.3. The van der Waals surface area contributed by atoms with Crippen LogP contribution in [0.3, 0.4) is 0 Å². The predicted octanol–water partition coefficient (Wildman–Crippen LogP) is 4.01. The fourth-order valence-electron chi connectivity index (χ4n) is 3.30. The van der Waals surface area contributed by atoms with Crippen LogP contribution in [0, 0.1) is 0 Å². The molecule has 0 saturated heterocycles. The van der Waals surface area contributed by atoms with Crippen LogP contribution in [0.2, 0.25) is 0 Å². The summed E-state index contributed by atoms with van der Waals surface area (Å²) < 4.78 is 0. The maximum absolute atomic E-state index is 11.6. The second-order valence-corrected chi connectivity index (χ2v) is 6.48. The summed E-state index contributed by atoms with van der Waals surface area (Å²) in [5.74, 6) is 0.0274. The molecule has 3 rings (SSSR count). The number of hydrogen-bond donors (Lipinski definition) is 0. The number of halogens is 1. The van der Waals surface area contributed by atoms with Gasteiger partial charge < -0.3 is 9.80 Å². The quantitative estimate of drug-likeness (QED) is 0.766. The molecule has 1 heterocycles. The van der Waals surface area contributed by atoms with Crippen LogP contribution in [0.4, 0.5) is 11.4 Å². The first-order valence-corrected chi connectivity index (χ1v) is 8.97. The molecule has 0 atom stereocenters. The highest BCUT2D eigenvalue weighted by molar-refractivity contribution is 6.27. The van der Waals surface area contributed by atoms with Crippen LogP contribution in [0.15, 0.2) is 48.5 Å².